The number of aromatic nitrogens is 2. The van der Waals surface area contributed by atoms with Crippen molar-refractivity contribution < 1.29 is 14.2 Å². The lowest BCUT2D eigenvalue weighted by Crippen LogP contribution is -2.41. The van der Waals surface area contributed by atoms with Gasteiger partial charge in [0, 0.05) is 23.7 Å². The van der Waals surface area contributed by atoms with Crippen LogP contribution >= 0.6 is 0 Å². The average Bonchev–Trinajstić information content (AvgIpc) is 3.21. The van der Waals surface area contributed by atoms with Gasteiger partial charge in [-0.25, -0.2) is 4.98 Å². The highest BCUT2D eigenvalue weighted by atomic mass is 16.7. The number of rotatable bonds is 6. The summed E-state index contributed by atoms with van der Waals surface area (Å²) in [5, 5.41) is 0. The molecule has 28 heavy (non-hydrogen) atoms. The van der Waals surface area contributed by atoms with E-state index in [4.69, 9.17) is 19.2 Å². The summed E-state index contributed by atoms with van der Waals surface area (Å²) in [5.74, 6) is 0.694. The lowest BCUT2D eigenvalue weighted by Gasteiger charge is -2.38. The van der Waals surface area contributed by atoms with Gasteiger partial charge in [0.25, 0.3) is 0 Å². The number of methoxy groups -OCH3 is 1. The number of imidazole rings is 1. The third kappa shape index (κ3) is 3.74. The fraction of sp³-hybridized carbons (Fsp3) is 0.348. The second-order valence-corrected chi connectivity index (χ2v) is 7.32. The molecular weight excluding hydrogens is 352 g/mol. The van der Waals surface area contributed by atoms with Crippen molar-refractivity contribution in [3.63, 3.8) is 0 Å². The fourth-order valence-electron chi connectivity index (χ4n) is 3.57. The van der Waals surface area contributed by atoms with Gasteiger partial charge in [0.15, 0.2) is 5.82 Å². The maximum absolute atomic E-state index is 6.07. The first-order valence-electron chi connectivity index (χ1n) is 9.67. The zero-order chi connectivity index (χ0) is 19.4. The number of hydrogen-bond donors (Lipinski definition) is 1. The quantitative estimate of drug-likeness (QED) is 0.667. The molecule has 0 aliphatic carbocycles. The standard InChI is InChI=1S/C23H26N2O3/c1-3-23(14-26-2)15-27-22(28-16-23)21-24-19(17-10-6-4-7-11-17)20(25-21)18-12-8-5-9-13-18/h4-13,22H,3,14-16H2,1-2H3,(H,24,25). The van der Waals surface area contributed by atoms with E-state index < -0.39 is 6.29 Å². The number of benzene rings is 2. The topological polar surface area (TPSA) is 56.4 Å². The van der Waals surface area contributed by atoms with Crippen LogP contribution in [0.3, 0.4) is 0 Å². The summed E-state index contributed by atoms with van der Waals surface area (Å²) in [6, 6.07) is 20.4. The molecule has 1 N–H and O–H groups in total. The van der Waals surface area contributed by atoms with Crippen molar-refractivity contribution >= 4 is 0 Å². The lowest BCUT2D eigenvalue weighted by atomic mass is 9.87. The van der Waals surface area contributed by atoms with Crippen LogP contribution < -0.4 is 0 Å². The highest BCUT2D eigenvalue weighted by Gasteiger charge is 2.37. The summed E-state index contributed by atoms with van der Waals surface area (Å²) >= 11 is 0. The van der Waals surface area contributed by atoms with Gasteiger partial charge in [0.05, 0.1) is 31.2 Å². The Kier molecular flexibility index (Phi) is 5.57. The van der Waals surface area contributed by atoms with E-state index in [0.717, 1.165) is 28.9 Å². The lowest BCUT2D eigenvalue weighted by molar-refractivity contribution is -0.246. The van der Waals surface area contributed by atoms with E-state index in [1.165, 1.54) is 0 Å². The average molecular weight is 378 g/mol. The van der Waals surface area contributed by atoms with Gasteiger partial charge in [-0.15, -0.1) is 0 Å². The third-order valence-electron chi connectivity index (χ3n) is 5.34. The number of ether oxygens (including phenoxy) is 3. The summed E-state index contributed by atoms with van der Waals surface area (Å²) in [4.78, 5) is 8.31. The Hall–Kier alpha value is -2.47. The van der Waals surface area contributed by atoms with Gasteiger partial charge in [-0.2, -0.15) is 0 Å². The van der Waals surface area contributed by atoms with Crippen molar-refractivity contribution in [2.45, 2.75) is 19.6 Å². The molecule has 0 radical (unpaired) electrons. The molecule has 5 nitrogen and oxygen atoms in total. The Morgan fingerprint density at radius 1 is 1.00 bits per heavy atom. The van der Waals surface area contributed by atoms with E-state index >= 15 is 0 Å². The molecule has 1 saturated heterocycles. The SMILES string of the molecule is CCC1(COC)COC(c2nc(-c3ccccc3)c(-c3ccccc3)[nH]2)OC1. The van der Waals surface area contributed by atoms with E-state index in [-0.39, 0.29) is 5.41 Å². The normalized spacial score (nSPS) is 22.3. The van der Waals surface area contributed by atoms with Crippen LogP contribution in [0, 0.1) is 5.41 Å². The Balaban J connectivity index is 1.65. The molecule has 1 aliphatic rings. The number of H-pyrrole nitrogens is 1. The first-order chi connectivity index (χ1) is 13.7. The van der Waals surface area contributed by atoms with E-state index in [1.807, 2.05) is 36.4 Å². The Labute approximate surface area is 165 Å². The molecule has 0 spiro atoms. The molecule has 0 bridgehead atoms. The summed E-state index contributed by atoms with van der Waals surface area (Å²) in [6.45, 7) is 3.94. The monoisotopic (exact) mass is 378 g/mol. The Bertz CT molecular complexity index is 828. The van der Waals surface area contributed by atoms with Crippen LogP contribution in [0.25, 0.3) is 22.5 Å². The summed E-state index contributed by atoms with van der Waals surface area (Å²) in [5.41, 5.74) is 3.92. The largest absolute Gasteiger partial charge is 0.384 e. The zero-order valence-corrected chi connectivity index (χ0v) is 16.4. The molecule has 146 valence electrons. The molecule has 2 heterocycles. The minimum atomic E-state index is -0.503. The molecular formula is C23H26N2O3. The molecule has 0 saturated carbocycles. The van der Waals surface area contributed by atoms with Crippen LogP contribution in [-0.2, 0) is 14.2 Å². The molecule has 1 aromatic heterocycles. The highest BCUT2D eigenvalue weighted by molar-refractivity contribution is 5.78. The van der Waals surface area contributed by atoms with Crippen LogP contribution in [-0.4, -0.2) is 36.9 Å². The van der Waals surface area contributed by atoms with Crippen LogP contribution in [0.2, 0.25) is 0 Å². The zero-order valence-electron chi connectivity index (χ0n) is 16.4. The first-order valence-corrected chi connectivity index (χ1v) is 9.67. The molecule has 5 heteroatoms. The Morgan fingerprint density at radius 3 is 2.18 bits per heavy atom. The minimum absolute atomic E-state index is 0.0949. The van der Waals surface area contributed by atoms with Gasteiger partial charge in [-0.3, -0.25) is 0 Å². The van der Waals surface area contributed by atoms with Crippen molar-refractivity contribution in [3.8, 4) is 22.5 Å². The molecule has 0 unspecified atom stereocenters. The van der Waals surface area contributed by atoms with E-state index in [2.05, 4.69) is 36.2 Å². The van der Waals surface area contributed by atoms with Crippen molar-refractivity contribution in [1.29, 1.82) is 0 Å². The van der Waals surface area contributed by atoms with Crippen molar-refractivity contribution in [1.82, 2.24) is 9.97 Å². The van der Waals surface area contributed by atoms with Crippen LogP contribution in [0.4, 0.5) is 0 Å². The summed E-state index contributed by atoms with van der Waals surface area (Å²) < 4.78 is 17.5. The van der Waals surface area contributed by atoms with Gasteiger partial charge in [-0.1, -0.05) is 67.6 Å². The smallest absolute Gasteiger partial charge is 0.217 e. The molecule has 1 aliphatic heterocycles. The van der Waals surface area contributed by atoms with Crippen molar-refractivity contribution in [2.24, 2.45) is 5.41 Å². The first kappa shape index (κ1) is 18.9. The molecule has 1 fully saturated rings. The fourth-order valence-corrected chi connectivity index (χ4v) is 3.57. The molecule has 2 aromatic carbocycles. The number of hydrogen-bond acceptors (Lipinski definition) is 4. The summed E-state index contributed by atoms with van der Waals surface area (Å²) in [7, 11) is 1.72. The minimum Gasteiger partial charge on any atom is -0.384 e. The van der Waals surface area contributed by atoms with Crippen LogP contribution in [0.5, 0.6) is 0 Å². The van der Waals surface area contributed by atoms with E-state index in [0.29, 0.717) is 25.6 Å². The third-order valence-corrected chi connectivity index (χ3v) is 5.34. The second-order valence-electron chi connectivity index (χ2n) is 7.32. The summed E-state index contributed by atoms with van der Waals surface area (Å²) in [6.07, 6.45) is 0.437. The van der Waals surface area contributed by atoms with Gasteiger partial charge in [-0.05, 0) is 6.42 Å². The maximum atomic E-state index is 6.07. The highest BCUT2D eigenvalue weighted by Crippen LogP contribution is 2.37. The number of nitrogens with one attached hydrogen (secondary N) is 1. The van der Waals surface area contributed by atoms with Gasteiger partial charge in [0.2, 0.25) is 6.29 Å². The van der Waals surface area contributed by atoms with Crippen LogP contribution in [0.1, 0.15) is 25.5 Å². The van der Waals surface area contributed by atoms with E-state index in [1.54, 1.807) is 7.11 Å². The predicted octanol–water partition coefficient (Wildman–Crippen LogP) is 4.83. The number of aromatic amines is 1. The molecule has 3 aromatic rings. The maximum Gasteiger partial charge on any atom is 0.217 e. The van der Waals surface area contributed by atoms with Gasteiger partial charge in [0.1, 0.15) is 0 Å². The van der Waals surface area contributed by atoms with Gasteiger partial charge >= 0.3 is 0 Å². The molecule has 0 amide bonds. The Morgan fingerprint density at radius 2 is 1.61 bits per heavy atom. The molecule has 4 rings (SSSR count). The van der Waals surface area contributed by atoms with E-state index in [9.17, 15) is 0 Å². The van der Waals surface area contributed by atoms with Gasteiger partial charge < -0.3 is 19.2 Å². The van der Waals surface area contributed by atoms with Crippen molar-refractivity contribution in [2.75, 3.05) is 26.9 Å². The molecule has 0 atom stereocenters. The van der Waals surface area contributed by atoms with Crippen LogP contribution in [0.15, 0.2) is 60.7 Å². The van der Waals surface area contributed by atoms with Crippen molar-refractivity contribution in [3.05, 3.63) is 66.5 Å². The second kappa shape index (κ2) is 8.27. The number of nitrogens with zero attached hydrogens (tertiary/aromatic N) is 1. The predicted molar refractivity (Wildman–Crippen MR) is 109 cm³/mol.